The van der Waals surface area contributed by atoms with Crippen molar-refractivity contribution in [1.82, 2.24) is 10.2 Å². The van der Waals surface area contributed by atoms with Crippen molar-refractivity contribution >= 4 is 18.0 Å². The summed E-state index contributed by atoms with van der Waals surface area (Å²) in [7, 11) is 0. The first-order valence-corrected chi connectivity index (χ1v) is 12.6. The Bertz CT molecular complexity index is 1090. The van der Waals surface area contributed by atoms with Crippen LogP contribution in [0.4, 0.5) is 4.79 Å². The Labute approximate surface area is 205 Å². The number of nitrogens with one attached hydrogen (secondary N) is 1. The van der Waals surface area contributed by atoms with Crippen LogP contribution in [-0.2, 0) is 14.3 Å². The van der Waals surface area contributed by atoms with Crippen LogP contribution in [0.1, 0.15) is 56.1 Å². The third-order valence-electron chi connectivity index (χ3n) is 8.02. The molecular weight excluding hydrogens is 444 g/mol. The molecule has 7 nitrogen and oxygen atoms in total. The highest BCUT2D eigenvalue weighted by Gasteiger charge is 2.41. The van der Waals surface area contributed by atoms with Crippen LogP contribution in [0, 0.1) is 11.8 Å². The van der Waals surface area contributed by atoms with Crippen molar-refractivity contribution in [2.75, 3.05) is 13.2 Å². The predicted molar refractivity (Wildman–Crippen MR) is 131 cm³/mol. The summed E-state index contributed by atoms with van der Waals surface area (Å²) in [6, 6.07) is 15.5. The van der Waals surface area contributed by atoms with E-state index in [4.69, 9.17) is 4.74 Å². The zero-order valence-corrected chi connectivity index (χ0v) is 20.0. The first-order valence-electron chi connectivity index (χ1n) is 12.6. The summed E-state index contributed by atoms with van der Waals surface area (Å²) in [4.78, 5) is 38.8. The van der Waals surface area contributed by atoms with Crippen molar-refractivity contribution in [3.05, 3.63) is 59.7 Å². The van der Waals surface area contributed by atoms with Gasteiger partial charge in [0, 0.05) is 24.9 Å². The maximum atomic E-state index is 12.9. The highest BCUT2D eigenvalue weighted by Crippen LogP contribution is 2.44. The Morgan fingerprint density at radius 2 is 1.66 bits per heavy atom. The largest absolute Gasteiger partial charge is 0.480 e. The van der Waals surface area contributed by atoms with Crippen molar-refractivity contribution in [2.45, 2.75) is 57.0 Å². The third-order valence-corrected chi connectivity index (χ3v) is 8.02. The van der Waals surface area contributed by atoms with Crippen LogP contribution in [0.2, 0.25) is 0 Å². The lowest BCUT2D eigenvalue weighted by Crippen LogP contribution is -2.45. The molecule has 0 bridgehead atoms. The van der Waals surface area contributed by atoms with E-state index in [1.54, 1.807) is 0 Å². The Hall–Kier alpha value is -3.35. The lowest BCUT2D eigenvalue weighted by Gasteiger charge is -2.27. The third kappa shape index (κ3) is 4.51. The van der Waals surface area contributed by atoms with Crippen LogP contribution < -0.4 is 5.32 Å². The van der Waals surface area contributed by atoms with Crippen LogP contribution >= 0.6 is 0 Å². The van der Waals surface area contributed by atoms with Crippen LogP contribution in [-0.4, -0.2) is 53.2 Å². The molecule has 2 aromatic carbocycles. The maximum Gasteiger partial charge on any atom is 0.407 e. The molecule has 2 N–H and O–H groups in total. The number of carbonyl (C=O) groups is 3. The van der Waals surface area contributed by atoms with Gasteiger partial charge in [-0.3, -0.25) is 4.79 Å². The van der Waals surface area contributed by atoms with Crippen LogP contribution in [0.15, 0.2) is 48.5 Å². The summed E-state index contributed by atoms with van der Waals surface area (Å²) in [6.45, 7) is 2.61. The van der Waals surface area contributed by atoms with Crippen LogP contribution in [0.5, 0.6) is 0 Å². The molecule has 2 aliphatic carbocycles. The van der Waals surface area contributed by atoms with Crippen LogP contribution in [0.25, 0.3) is 11.1 Å². The maximum absolute atomic E-state index is 12.9. The SMILES string of the molecule is CC1CCN(C(=O)C[C@@H]2CCC[C@H]2NC(=O)OCC2c3ccccc3-c3ccccc32)C1C(=O)O. The first-order chi connectivity index (χ1) is 16.9. The minimum atomic E-state index is -0.942. The van der Waals surface area contributed by atoms with E-state index in [0.717, 1.165) is 19.3 Å². The molecule has 1 heterocycles. The number of hydrogen-bond acceptors (Lipinski definition) is 4. The van der Waals surface area contributed by atoms with Gasteiger partial charge in [0.2, 0.25) is 5.91 Å². The molecule has 0 radical (unpaired) electrons. The molecule has 4 atom stereocenters. The van der Waals surface area contributed by atoms with Gasteiger partial charge in [-0.05, 0) is 53.4 Å². The number of nitrogens with zero attached hydrogens (tertiary/aromatic N) is 1. The lowest BCUT2D eigenvalue weighted by atomic mass is 9.97. The zero-order chi connectivity index (χ0) is 24.5. The number of benzene rings is 2. The average Bonchev–Trinajstić information content (AvgIpc) is 3.53. The number of rotatable bonds is 6. The van der Waals surface area contributed by atoms with E-state index in [1.165, 1.54) is 27.2 Å². The van der Waals surface area contributed by atoms with E-state index in [-0.39, 0.29) is 42.7 Å². The van der Waals surface area contributed by atoms with Crippen molar-refractivity contribution in [3.63, 3.8) is 0 Å². The number of likely N-dealkylation sites (tertiary alicyclic amines) is 1. The summed E-state index contributed by atoms with van der Waals surface area (Å²) < 4.78 is 5.69. The Kier molecular flexibility index (Phi) is 6.50. The molecule has 2 unspecified atom stereocenters. The molecule has 3 aliphatic rings. The Morgan fingerprint density at radius 1 is 1.00 bits per heavy atom. The van der Waals surface area contributed by atoms with Crippen molar-refractivity contribution in [1.29, 1.82) is 0 Å². The highest BCUT2D eigenvalue weighted by molar-refractivity contribution is 5.85. The van der Waals surface area contributed by atoms with E-state index in [0.29, 0.717) is 13.0 Å². The van der Waals surface area contributed by atoms with Gasteiger partial charge in [0.05, 0.1) is 0 Å². The topological polar surface area (TPSA) is 95.9 Å². The number of carboxylic acid groups (broad SMARTS) is 1. The minimum Gasteiger partial charge on any atom is -0.480 e. The van der Waals surface area contributed by atoms with Gasteiger partial charge < -0.3 is 20.1 Å². The molecule has 2 amide bonds. The summed E-state index contributed by atoms with van der Waals surface area (Å²) in [5, 5.41) is 12.5. The number of hydrogen-bond donors (Lipinski definition) is 2. The molecule has 1 saturated heterocycles. The van der Waals surface area contributed by atoms with Gasteiger partial charge in [0.1, 0.15) is 12.6 Å². The molecule has 1 aliphatic heterocycles. The van der Waals surface area contributed by atoms with E-state index >= 15 is 0 Å². The molecule has 0 spiro atoms. The standard InChI is InChI=1S/C28H32N2O5/c1-17-13-14-30(26(17)27(32)33)25(31)15-18-7-6-12-24(18)29-28(34)35-16-23-21-10-4-2-8-19(21)20-9-3-5-11-22(20)23/h2-5,8-11,17-18,23-24,26H,6-7,12-16H2,1H3,(H,29,34)(H,32,33)/t17?,18-,24+,26?/m0/s1. The van der Waals surface area contributed by atoms with E-state index in [2.05, 4.69) is 29.6 Å². The molecule has 2 aromatic rings. The quantitative estimate of drug-likeness (QED) is 0.644. The minimum absolute atomic E-state index is 0.000730. The number of alkyl carbamates (subject to hydrolysis) is 1. The second-order valence-corrected chi connectivity index (χ2v) is 10.1. The number of fused-ring (bicyclic) bond motifs is 3. The Morgan fingerprint density at radius 3 is 2.31 bits per heavy atom. The summed E-state index contributed by atoms with van der Waals surface area (Å²) in [5.74, 6) is -1.13. The summed E-state index contributed by atoms with van der Waals surface area (Å²) in [5.41, 5.74) is 4.70. The molecule has 5 rings (SSSR count). The van der Waals surface area contributed by atoms with Gasteiger partial charge in [-0.25, -0.2) is 9.59 Å². The molecule has 0 aromatic heterocycles. The van der Waals surface area contributed by atoms with Crippen molar-refractivity contribution < 1.29 is 24.2 Å². The molecular formula is C28H32N2O5. The lowest BCUT2D eigenvalue weighted by molar-refractivity contribution is -0.149. The Balaban J connectivity index is 1.18. The fourth-order valence-corrected chi connectivity index (χ4v) is 6.21. The predicted octanol–water partition coefficient (Wildman–Crippen LogP) is 4.41. The summed E-state index contributed by atoms with van der Waals surface area (Å²) >= 11 is 0. The summed E-state index contributed by atoms with van der Waals surface area (Å²) in [6.07, 6.45) is 3.04. The van der Waals surface area contributed by atoms with Gasteiger partial charge >= 0.3 is 12.1 Å². The van der Waals surface area contributed by atoms with Gasteiger partial charge in [-0.1, -0.05) is 61.9 Å². The fraction of sp³-hybridized carbons (Fsp3) is 0.464. The molecule has 7 heteroatoms. The highest BCUT2D eigenvalue weighted by atomic mass is 16.5. The van der Waals surface area contributed by atoms with E-state index in [9.17, 15) is 19.5 Å². The molecule has 2 fully saturated rings. The number of carboxylic acids is 1. The normalized spacial score (nSPS) is 25.2. The smallest absolute Gasteiger partial charge is 0.407 e. The zero-order valence-electron chi connectivity index (χ0n) is 20.0. The van der Waals surface area contributed by atoms with Gasteiger partial charge in [0.25, 0.3) is 0 Å². The second-order valence-electron chi connectivity index (χ2n) is 10.1. The van der Waals surface area contributed by atoms with Gasteiger partial charge in [0.15, 0.2) is 0 Å². The van der Waals surface area contributed by atoms with E-state index < -0.39 is 18.1 Å². The molecule has 1 saturated carbocycles. The second kappa shape index (κ2) is 9.72. The van der Waals surface area contributed by atoms with Crippen molar-refractivity contribution in [3.8, 4) is 11.1 Å². The van der Waals surface area contributed by atoms with Gasteiger partial charge in [-0.15, -0.1) is 0 Å². The average molecular weight is 477 g/mol. The molecule has 35 heavy (non-hydrogen) atoms. The monoisotopic (exact) mass is 476 g/mol. The fourth-order valence-electron chi connectivity index (χ4n) is 6.21. The first kappa shape index (κ1) is 23.4. The van der Waals surface area contributed by atoms with Crippen LogP contribution in [0.3, 0.4) is 0 Å². The van der Waals surface area contributed by atoms with Crippen molar-refractivity contribution in [2.24, 2.45) is 11.8 Å². The number of aliphatic carboxylic acids is 1. The van der Waals surface area contributed by atoms with E-state index in [1.807, 2.05) is 31.2 Å². The van der Waals surface area contributed by atoms with Gasteiger partial charge in [-0.2, -0.15) is 0 Å². The number of amides is 2. The molecule has 184 valence electrons. The number of carbonyl (C=O) groups excluding carboxylic acids is 2. The number of ether oxygens (including phenoxy) is 1.